The van der Waals surface area contributed by atoms with Crippen LogP contribution in [0.4, 0.5) is 5.69 Å². The number of hydrogen-bond acceptors (Lipinski definition) is 3. The Labute approximate surface area is 212 Å². The van der Waals surface area contributed by atoms with E-state index in [9.17, 15) is 0 Å². The molecule has 0 radical (unpaired) electrons. The number of rotatable bonds is 5. The van der Waals surface area contributed by atoms with Gasteiger partial charge in [0.05, 0.1) is 0 Å². The summed E-state index contributed by atoms with van der Waals surface area (Å²) in [5.74, 6) is 1.87. The van der Waals surface area contributed by atoms with Gasteiger partial charge in [0.25, 0.3) is 0 Å². The van der Waals surface area contributed by atoms with Crippen molar-refractivity contribution >= 4 is 29.0 Å². The zero-order valence-electron chi connectivity index (χ0n) is 20.2. The number of anilines is 1. The molecule has 0 amide bonds. The third kappa shape index (κ3) is 4.56. The molecule has 2 aliphatic rings. The Balaban J connectivity index is 1.33. The molecule has 176 valence electrons. The minimum absolute atomic E-state index is 0.559. The van der Waals surface area contributed by atoms with Crippen LogP contribution in [0.15, 0.2) is 109 Å². The Hall–Kier alpha value is -4.50. The molecule has 36 heavy (non-hydrogen) atoms. The zero-order valence-corrected chi connectivity index (χ0v) is 20.2. The second kappa shape index (κ2) is 9.63. The van der Waals surface area contributed by atoms with Crippen molar-refractivity contribution in [1.29, 1.82) is 0 Å². The van der Waals surface area contributed by atoms with Crippen LogP contribution in [0.25, 0.3) is 23.3 Å². The largest absolute Gasteiger partial charge is 0.488 e. The lowest BCUT2D eigenvalue weighted by Gasteiger charge is -2.19. The number of para-hydroxylation sites is 2. The topological polar surface area (TPSA) is 21.7 Å². The number of fused-ring (bicyclic) bond motifs is 2. The first-order valence-electron chi connectivity index (χ1n) is 12.2. The predicted molar refractivity (Wildman–Crippen MR) is 149 cm³/mol. The molecule has 0 bridgehead atoms. The SMILES string of the molecule is Cc1ccc(C=Cc2ccc(N(C=C3COc4ccccc43)C=C3COc4ccccc43)cc2)cc1. The van der Waals surface area contributed by atoms with E-state index in [1.165, 1.54) is 11.1 Å². The Morgan fingerprint density at radius 1 is 0.583 bits per heavy atom. The van der Waals surface area contributed by atoms with Crippen molar-refractivity contribution in [2.45, 2.75) is 6.92 Å². The summed E-state index contributed by atoms with van der Waals surface area (Å²) in [6, 6.07) is 33.6. The summed E-state index contributed by atoms with van der Waals surface area (Å²) in [6.07, 6.45) is 8.65. The lowest BCUT2D eigenvalue weighted by Crippen LogP contribution is -2.10. The van der Waals surface area contributed by atoms with E-state index >= 15 is 0 Å². The maximum atomic E-state index is 5.93. The highest BCUT2D eigenvalue weighted by Crippen LogP contribution is 2.36. The summed E-state index contributed by atoms with van der Waals surface area (Å²) in [6.45, 7) is 3.22. The summed E-state index contributed by atoms with van der Waals surface area (Å²) in [4.78, 5) is 2.19. The van der Waals surface area contributed by atoms with E-state index in [1.54, 1.807) is 0 Å². The van der Waals surface area contributed by atoms with Gasteiger partial charge in [-0.15, -0.1) is 0 Å². The molecule has 0 aliphatic carbocycles. The first-order chi connectivity index (χ1) is 17.7. The van der Waals surface area contributed by atoms with Gasteiger partial charge < -0.3 is 14.4 Å². The van der Waals surface area contributed by atoms with Crippen LogP contribution in [0.1, 0.15) is 27.8 Å². The van der Waals surface area contributed by atoms with Crippen LogP contribution in [-0.2, 0) is 0 Å². The van der Waals surface area contributed by atoms with Crippen LogP contribution < -0.4 is 14.4 Å². The highest BCUT2D eigenvalue weighted by molar-refractivity contribution is 5.81. The van der Waals surface area contributed by atoms with E-state index in [0.29, 0.717) is 13.2 Å². The van der Waals surface area contributed by atoms with Gasteiger partial charge in [0.2, 0.25) is 0 Å². The zero-order chi connectivity index (χ0) is 24.3. The lowest BCUT2D eigenvalue weighted by atomic mass is 10.1. The summed E-state index contributed by atoms with van der Waals surface area (Å²) in [5, 5.41) is 0. The minimum Gasteiger partial charge on any atom is -0.488 e. The van der Waals surface area contributed by atoms with Crippen molar-refractivity contribution in [3.63, 3.8) is 0 Å². The van der Waals surface area contributed by atoms with Crippen LogP contribution in [0.5, 0.6) is 11.5 Å². The predicted octanol–water partition coefficient (Wildman–Crippen LogP) is 7.84. The number of ether oxygens (including phenoxy) is 2. The summed E-state index contributed by atoms with van der Waals surface area (Å²) in [5.41, 5.74) is 9.28. The van der Waals surface area contributed by atoms with Gasteiger partial charge in [-0.1, -0.05) is 90.5 Å². The van der Waals surface area contributed by atoms with E-state index in [2.05, 4.69) is 109 Å². The van der Waals surface area contributed by atoms with Gasteiger partial charge in [0.15, 0.2) is 0 Å². The molecule has 2 aliphatic heterocycles. The van der Waals surface area contributed by atoms with Crippen molar-refractivity contribution in [2.24, 2.45) is 0 Å². The molecule has 3 heteroatoms. The van der Waals surface area contributed by atoms with E-state index in [1.807, 2.05) is 24.3 Å². The van der Waals surface area contributed by atoms with E-state index in [4.69, 9.17) is 9.47 Å². The highest BCUT2D eigenvalue weighted by atomic mass is 16.5. The van der Waals surface area contributed by atoms with Gasteiger partial charge in [0.1, 0.15) is 24.7 Å². The Morgan fingerprint density at radius 3 is 1.58 bits per heavy atom. The summed E-state index contributed by atoms with van der Waals surface area (Å²) < 4.78 is 11.9. The van der Waals surface area contributed by atoms with Crippen molar-refractivity contribution in [2.75, 3.05) is 18.1 Å². The Kier molecular flexibility index (Phi) is 5.88. The van der Waals surface area contributed by atoms with E-state index in [0.717, 1.165) is 45.0 Å². The molecule has 0 saturated carbocycles. The molecule has 0 N–H and O–H groups in total. The first-order valence-corrected chi connectivity index (χ1v) is 12.2. The smallest absolute Gasteiger partial charge is 0.127 e. The monoisotopic (exact) mass is 469 g/mol. The molecular formula is C33H27NO2. The molecule has 0 spiro atoms. The van der Waals surface area contributed by atoms with Crippen LogP contribution in [-0.4, -0.2) is 13.2 Å². The molecular weight excluding hydrogens is 442 g/mol. The maximum Gasteiger partial charge on any atom is 0.127 e. The molecule has 0 fully saturated rings. The lowest BCUT2D eigenvalue weighted by molar-refractivity contribution is 0.388. The number of hydrogen-bond donors (Lipinski definition) is 0. The maximum absolute atomic E-state index is 5.93. The van der Waals surface area contributed by atoms with Gasteiger partial charge in [-0.05, 0) is 42.3 Å². The summed E-state index contributed by atoms with van der Waals surface area (Å²) in [7, 11) is 0. The molecule has 3 nitrogen and oxygen atoms in total. The van der Waals surface area contributed by atoms with Gasteiger partial charge in [0, 0.05) is 40.4 Å². The minimum atomic E-state index is 0.559. The standard InChI is InChI=1S/C33H27NO2/c1-24-10-12-25(13-11-24)14-15-26-16-18-29(19-17-26)34(20-27-22-35-32-8-4-2-6-30(27)32)21-28-23-36-33-9-5-3-7-31(28)33/h2-21H,22-23H2,1H3. The molecule has 0 atom stereocenters. The van der Waals surface area contributed by atoms with Crippen LogP contribution >= 0.6 is 0 Å². The molecule has 2 heterocycles. The van der Waals surface area contributed by atoms with Crippen molar-refractivity contribution in [1.82, 2.24) is 0 Å². The van der Waals surface area contributed by atoms with Crippen LogP contribution in [0.3, 0.4) is 0 Å². The third-order valence-electron chi connectivity index (χ3n) is 6.56. The van der Waals surface area contributed by atoms with Gasteiger partial charge in [-0.25, -0.2) is 0 Å². The summed E-state index contributed by atoms with van der Waals surface area (Å²) >= 11 is 0. The fraction of sp³-hybridized carbons (Fsp3) is 0.0909. The quantitative estimate of drug-likeness (QED) is 0.278. The third-order valence-corrected chi connectivity index (χ3v) is 6.56. The fourth-order valence-electron chi connectivity index (χ4n) is 4.55. The Morgan fingerprint density at radius 2 is 1.06 bits per heavy atom. The van der Waals surface area contributed by atoms with Crippen molar-refractivity contribution in [3.8, 4) is 11.5 Å². The molecule has 6 rings (SSSR count). The number of benzene rings is 4. The van der Waals surface area contributed by atoms with Gasteiger partial charge >= 0.3 is 0 Å². The highest BCUT2D eigenvalue weighted by Gasteiger charge is 2.20. The molecule has 4 aromatic rings. The van der Waals surface area contributed by atoms with Crippen molar-refractivity contribution < 1.29 is 9.47 Å². The van der Waals surface area contributed by atoms with E-state index < -0.39 is 0 Å². The normalized spacial score (nSPS) is 16.1. The first kappa shape index (κ1) is 22.0. The second-order valence-electron chi connectivity index (χ2n) is 9.12. The number of nitrogens with zero attached hydrogens (tertiary/aromatic N) is 1. The van der Waals surface area contributed by atoms with Gasteiger partial charge in [-0.2, -0.15) is 0 Å². The second-order valence-corrected chi connectivity index (χ2v) is 9.12. The Bertz CT molecular complexity index is 1410. The van der Waals surface area contributed by atoms with Crippen LogP contribution in [0, 0.1) is 6.92 Å². The van der Waals surface area contributed by atoms with Gasteiger partial charge in [-0.3, -0.25) is 0 Å². The molecule has 4 aromatic carbocycles. The molecule has 0 saturated heterocycles. The average Bonchev–Trinajstić information content (AvgIpc) is 3.53. The average molecular weight is 470 g/mol. The van der Waals surface area contributed by atoms with Crippen molar-refractivity contribution in [3.05, 3.63) is 137 Å². The van der Waals surface area contributed by atoms with E-state index in [-0.39, 0.29) is 0 Å². The number of aryl methyl sites for hydroxylation is 1. The molecule has 0 aromatic heterocycles. The van der Waals surface area contributed by atoms with Crippen LogP contribution in [0.2, 0.25) is 0 Å². The molecule has 0 unspecified atom stereocenters. The fourth-order valence-corrected chi connectivity index (χ4v) is 4.55.